The molecule has 0 amide bonds. The summed E-state index contributed by atoms with van der Waals surface area (Å²) in [5.74, 6) is 2.18. The Morgan fingerprint density at radius 2 is 2.12 bits per heavy atom. The van der Waals surface area contributed by atoms with Gasteiger partial charge in [0.2, 0.25) is 0 Å². The van der Waals surface area contributed by atoms with Gasteiger partial charge in [0.05, 0.1) is 6.54 Å². The molecule has 2 fully saturated rings. The summed E-state index contributed by atoms with van der Waals surface area (Å²) in [6.45, 7) is 4.00. The Labute approximate surface area is 103 Å². The molecule has 0 spiro atoms. The molecular formula is C14H22N2O. The summed E-state index contributed by atoms with van der Waals surface area (Å²) in [5.41, 5.74) is 1.35. The average molecular weight is 234 g/mol. The summed E-state index contributed by atoms with van der Waals surface area (Å²) in [5, 5.41) is 3.49. The van der Waals surface area contributed by atoms with Crippen LogP contribution in [0.5, 0.6) is 0 Å². The van der Waals surface area contributed by atoms with Crippen LogP contribution in [0.25, 0.3) is 0 Å². The molecule has 0 aliphatic heterocycles. The molecule has 0 bridgehead atoms. The third-order valence-electron chi connectivity index (χ3n) is 3.80. The zero-order chi connectivity index (χ0) is 11.8. The molecule has 3 rings (SSSR count). The van der Waals surface area contributed by atoms with E-state index in [1.165, 1.54) is 31.2 Å². The van der Waals surface area contributed by atoms with Crippen molar-refractivity contribution in [1.82, 2.24) is 10.2 Å². The van der Waals surface area contributed by atoms with Gasteiger partial charge in [0.25, 0.3) is 0 Å². The van der Waals surface area contributed by atoms with Crippen molar-refractivity contribution in [2.24, 2.45) is 0 Å². The molecular weight excluding hydrogens is 212 g/mol. The number of nitrogens with zero attached hydrogens (tertiary/aromatic N) is 1. The molecule has 1 aromatic rings. The fourth-order valence-corrected chi connectivity index (χ4v) is 2.28. The first-order chi connectivity index (χ1) is 8.22. The number of nitrogens with one attached hydrogen (secondary N) is 1. The van der Waals surface area contributed by atoms with Crippen molar-refractivity contribution in [3.63, 3.8) is 0 Å². The van der Waals surface area contributed by atoms with Crippen LogP contribution in [0.2, 0.25) is 0 Å². The molecule has 3 heteroatoms. The fraction of sp³-hybridized carbons (Fsp3) is 0.714. The molecule has 0 unspecified atom stereocenters. The highest BCUT2D eigenvalue weighted by molar-refractivity contribution is 5.21. The standard InChI is InChI=1S/C14H22N2O/c1-10-11(9-16(2)13-5-6-13)7-14(17-10)8-15-12-3-4-12/h7,12-13,15H,3-6,8-9H2,1-2H3. The lowest BCUT2D eigenvalue weighted by molar-refractivity contribution is 0.313. The van der Waals surface area contributed by atoms with Crippen LogP contribution in [0, 0.1) is 6.92 Å². The molecule has 1 aromatic heterocycles. The van der Waals surface area contributed by atoms with Crippen molar-refractivity contribution in [2.75, 3.05) is 7.05 Å². The van der Waals surface area contributed by atoms with Crippen LogP contribution < -0.4 is 5.32 Å². The zero-order valence-corrected chi connectivity index (χ0v) is 10.8. The largest absolute Gasteiger partial charge is 0.465 e. The van der Waals surface area contributed by atoms with E-state index in [-0.39, 0.29) is 0 Å². The lowest BCUT2D eigenvalue weighted by atomic mass is 10.2. The van der Waals surface area contributed by atoms with Gasteiger partial charge in [-0.2, -0.15) is 0 Å². The van der Waals surface area contributed by atoms with Crippen molar-refractivity contribution in [3.05, 3.63) is 23.2 Å². The van der Waals surface area contributed by atoms with E-state index in [4.69, 9.17) is 4.42 Å². The Morgan fingerprint density at radius 3 is 2.76 bits per heavy atom. The first-order valence-corrected chi connectivity index (χ1v) is 6.74. The van der Waals surface area contributed by atoms with Crippen LogP contribution in [0.3, 0.4) is 0 Å². The smallest absolute Gasteiger partial charge is 0.118 e. The van der Waals surface area contributed by atoms with Crippen LogP contribution in [-0.2, 0) is 13.1 Å². The predicted octanol–water partition coefficient (Wildman–Crippen LogP) is 2.43. The zero-order valence-electron chi connectivity index (χ0n) is 10.8. The molecule has 17 heavy (non-hydrogen) atoms. The van der Waals surface area contributed by atoms with Crippen molar-refractivity contribution in [1.29, 1.82) is 0 Å². The predicted molar refractivity (Wildman–Crippen MR) is 67.8 cm³/mol. The van der Waals surface area contributed by atoms with Gasteiger partial charge in [-0.1, -0.05) is 0 Å². The molecule has 2 saturated carbocycles. The van der Waals surface area contributed by atoms with E-state index < -0.39 is 0 Å². The lowest BCUT2D eigenvalue weighted by Gasteiger charge is -2.14. The first kappa shape index (κ1) is 11.3. The Morgan fingerprint density at radius 1 is 1.35 bits per heavy atom. The van der Waals surface area contributed by atoms with Gasteiger partial charge in [0.15, 0.2) is 0 Å². The van der Waals surface area contributed by atoms with Gasteiger partial charge in [-0.05, 0) is 45.7 Å². The minimum atomic E-state index is 0.748. The van der Waals surface area contributed by atoms with E-state index in [0.717, 1.165) is 36.7 Å². The molecule has 94 valence electrons. The molecule has 0 radical (unpaired) electrons. The number of rotatable bonds is 6. The highest BCUT2D eigenvalue weighted by Crippen LogP contribution is 2.28. The van der Waals surface area contributed by atoms with Gasteiger partial charge in [-0.15, -0.1) is 0 Å². The molecule has 0 saturated heterocycles. The summed E-state index contributed by atoms with van der Waals surface area (Å²) >= 11 is 0. The lowest BCUT2D eigenvalue weighted by Crippen LogP contribution is -2.20. The van der Waals surface area contributed by atoms with Crippen molar-refractivity contribution < 1.29 is 4.42 Å². The van der Waals surface area contributed by atoms with E-state index >= 15 is 0 Å². The fourth-order valence-electron chi connectivity index (χ4n) is 2.28. The van der Waals surface area contributed by atoms with Gasteiger partial charge in [-0.25, -0.2) is 0 Å². The van der Waals surface area contributed by atoms with E-state index in [9.17, 15) is 0 Å². The third kappa shape index (κ3) is 2.90. The van der Waals surface area contributed by atoms with E-state index in [1.54, 1.807) is 0 Å². The summed E-state index contributed by atoms with van der Waals surface area (Å²) in [6.07, 6.45) is 5.39. The Kier molecular flexibility index (Phi) is 2.97. The maximum Gasteiger partial charge on any atom is 0.118 e. The van der Waals surface area contributed by atoms with Crippen molar-refractivity contribution >= 4 is 0 Å². The second kappa shape index (κ2) is 4.46. The quantitative estimate of drug-likeness (QED) is 0.819. The Bertz CT molecular complexity index is 391. The molecule has 0 atom stereocenters. The highest BCUT2D eigenvalue weighted by Gasteiger charge is 2.27. The van der Waals surface area contributed by atoms with Crippen LogP contribution in [-0.4, -0.2) is 24.0 Å². The Hall–Kier alpha value is -0.800. The van der Waals surface area contributed by atoms with Crippen LogP contribution >= 0.6 is 0 Å². The minimum absolute atomic E-state index is 0.748. The molecule has 1 heterocycles. The van der Waals surface area contributed by atoms with Crippen LogP contribution in [0.4, 0.5) is 0 Å². The monoisotopic (exact) mass is 234 g/mol. The summed E-state index contributed by atoms with van der Waals surface area (Å²) in [6, 6.07) is 3.79. The second-order valence-electron chi connectivity index (χ2n) is 5.60. The molecule has 1 N–H and O–H groups in total. The van der Waals surface area contributed by atoms with Gasteiger partial charge in [0.1, 0.15) is 11.5 Å². The topological polar surface area (TPSA) is 28.4 Å². The van der Waals surface area contributed by atoms with Crippen LogP contribution in [0.15, 0.2) is 10.5 Å². The molecule has 0 aromatic carbocycles. The number of hydrogen-bond acceptors (Lipinski definition) is 3. The van der Waals surface area contributed by atoms with E-state index in [2.05, 4.69) is 30.3 Å². The van der Waals surface area contributed by atoms with Crippen LogP contribution in [0.1, 0.15) is 42.8 Å². The normalized spacial score (nSPS) is 20.2. The van der Waals surface area contributed by atoms with Gasteiger partial charge in [-0.3, -0.25) is 4.90 Å². The third-order valence-corrected chi connectivity index (χ3v) is 3.80. The molecule has 2 aliphatic rings. The first-order valence-electron chi connectivity index (χ1n) is 6.74. The maximum absolute atomic E-state index is 5.80. The molecule has 2 aliphatic carbocycles. The van der Waals surface area contributed by atoms with E-state index in [0.29, 0.717) is 0 Å². The average Bonchev–Trinajstić information content (AvgIpc) is 3.17. The van der Waals surface area contributed by atoms with E-state index in [1.807, 2.05) is 0 Å². The summed E-state index contributed by atoms with van der Waals surface area (Å²) in [7, 11) is 2.21. The van der Waals surface area contributed by atoms with Crippen molar-refractivity contribution in [3.8, 4) is 0 Å². The van der Waals surface area contributed by atoms with Crippen molar-refractivity contribution in [2.45, 2.75) is 57.8 Å². The molecule has 3 nitrogen and oxygen atoms in total. The Balaban J connectivity index is 1.58. The number of aryl methyl sites for hydroxylation is 1. The van der Waals surface area contributed by atoms with Gasteiger partial charge >= 0.3 is 0 Å². The van der Waals surface area contributed by atoms with Gasteiger partial charge in [0, 0.05) is 24.2 Å². The van der Waals surface area contributed by atoms with Gasteiger partial charge < -0.3 is 9.73 Å². The second-order valence-corrected chi connectivity index (χ2v) is 5.60. The number of hydrogen-bond donors (Lipinski definition) is 1. The minimum Gasteiger partial charge on any atom is -0.465 e. The summed E-state index contributed by atoms with van der Waals surface area (Å²) in [4.78, 5) is 2.44. The SMILES string of the molecule is Cc1oc(CNC2CC2)cc1CN(C)C1CC1. The maximum atomic E-state index is 5.80. The number of furan rings is 1. The summed E-state index contributed by atoms with van der Waals surface area (Å²) < 4.78 is 5.80. The highest BCUT2D eigenvalue weighted by atomic mass is 16.3.